The molecule has 4 rings (SSSR count). The standard InChI is InChI=1S/C21H18N4O2S/c1-25(2)16-9-7-14(8-10-16)12-22-24-21-23-18(13-28-21)17-11-15-5-3-4-6-19(15)27-20(17)26/h3-11,13H,12H2,1-2H3. The fourth-order valence-electron chi connectivity index (χ4n) is 2.75. The van der Waals surface area contributed by atoms with Crippen LogP contribution in [0.5, 0.6) is 0 Å². The van der Waals surface area contributed by atoms with Gasteiger partial charge < -0.3 is 9.32 Å². The van der Waals surface area contributed by atoms with Gasteiger partial charge in [0.2, 0.25) is 5.13 Å². The molecule has 0 N–H and O–H groups in total. The Morgan fingerprint density at radius 3 is 2.68 bits per heavy atom. The molecule has 0 radical (unpaired) electrons. The highest BCUT2D eigenvalue weighted by atomic mass is 32.1. The highest BCUT2D eigenvalue weighted by Crippen LogP contribution is 2.27. The number of fused-ring (bicyclic) bond motifs is 1. The van der Waals surface area contributed by atoms with Crippen molar-refractivity contribution < 1.29 is 4.42 Å². The molecule has 0 fully saturated rings. The number of nitrogens with zero attached hydrogens (tertiary/aromatic N) is 4. The van der Waals surface area contributed by atoms with Gasteiger partial charge in [0.05, 0.1) is 17.8 Å². The highest BCUT2D eigenvalue weighted by molar-refractivity contribution is 7.13. The second kappa shape index (κ2) is 7.74. The van der Waals surface area contributed by atoms with Gasteiger partial charge in [0.15, 0.2) is 0 Å². The van der Waals surface area contributed by atoms with E-state index in [-0.39, 0.29) is 0 Å². The smallest absolute Gasteiger partial charge is 0.345 e. The molecule has 0 atom stereocenters. The predicted octanol–water partition coefficient (Wildman–Crippen LogP) is 5.27. The molecule has 0 bridgehead atoms. The zero-order valence-corrected chi connectivity index (χ0v) is 16.3. The summed E-state index contributed by atoms with van der Waals surface area (Å²) < 4.78 is 5.37. The molecular formula is C21H18N4O2S. The van der Waals surface area contributed by atoms with Crippen LogP contribution in [0.15, 0.2) is 79.4 Å². The Labute approximate surface area is 165 Å². The average Bonchev–Trinajstić information content (AvgIpc) is 3.16. The van der Waals surface area contributed by atoms with Crippen molar-refractivity contribution in [2.75, 3.05) is 19.0 Å². The SMILES string of the molecule is CN(C)c1ccc(CN=Nc2nc(-c3cc4ccccc4oc3=O)cs2)cc1. The molecule has 28 heavy (non-hydrogen) atoms. The lowest BCUT2D eigenvalue weighted by molar-refractivity contribution is 0.563. The van der Waals surface area contributed by atoms with E-state index >= 15 is 0 Å². The number of rotatable bonds is 5. The predicted molar refractivity (Wildman–Crippen MR) is 113 cm³/mol. The van der Waals surface area contributed by atoms with E-state index in [2.05, 4.69) is 15.2 Å². The van der Waals surface area contributed by atoms with Crippen LogP contribution in [0, 0.1) is 0 Å². The minimum absolute atomic E-state index is 0.409. The third-order valence-corrected chi connectivity index (χ3v) is 5.00. The Balaban J connectivity index is 1.51. The van der Waals surface area contributed by atoms with E-state index < -0.39 is 5.63 Å². The normalized spacial score (nSPS) is 11.4. The lowest BCUT2D eigenvalue weighted by atomic mass is 10.1. The molecule has 0 saturated carbocycles. The third-order valence-electron chi connectivity index (χ3n) is 4.27. The summed E-state index contributed by atoms with van der Waals surface area (Å²) in [5.41, 5.74) is 3.34. The number of thiazole rings is 1. The lowest BCUT2D eigenvalue weighted by Crippen LogP contribution is -2.08. The van der Waals surface area contributed by atoms with Gasteiger partial charge >= 0.3 is 5.63 Å². The molecule has 2 aromatic carbocycles. The molecule has 0 aliphatic rings. The molecule has 4 aromatic rings. The van der Waals surface area contributed by atoms with E-state index in [1.165, 1.54) is 11.3 Å². The first-order valence-corrected chi connectivity index (χ1v) is 9.61. The number of anilines is 1. The fraction of sp³-hybridized carbons (Fsp3) is 0.143. The Kier molecular flexibility index (Phi) is 4.99. The average molecular weight is 390 g/mol. The van der Waals surface area contributed by atoms with Crippen molar-refractivity contribution in [3.05, 3.63) is 76.0 Å². The number of para-hydroxylation sites is 1. The summed E-state index contributed by atoms with van der Waals surface area (Å²) in [4.78, 5) is 18.7. The van der Waals surface area contributed by atoms with Crippen molar-refractivity contribution in [3.8, 4) is 11.3 Å². The van der Waals surface area contributed by atoms with Crippen molar-refractivity contribution in [1.29, 1.82) is 0 Å². The fourth-order valence-corrected chi connectivity index (χ4v) is 3.40. The Hall–Kier alpha value is -3.32. The van der Waals surface area contributed by atoms with Crippen molar-refractivity contribution in [2.45, 2.75) is 6.54 Å². The monoisotopic (exact) mass is 390 g/mol. The Morgan fingerprint density at radius 2 is 1.89 bits per heavy atom. The topological polar surface area (TPSA) is 71.1 Å². The van der Waals surface area contributed by atoms with Crippen LogP contribution in [0.2, 0.25) is 0 Å². The summed E-state index contributed by atoms with van der Waals surface area (Å²) in [6.07, 6.45) is 0. The van der Waals surface area contributed by atoms with Crippen molar-refractivity contribution in [2.24, 2.45) is 10.2 Å². The summed E-state index contributed by atoms with van der Waals surface area (Å²) >= 11 is 1.34. The van der Waals surface area contributed by atoms with Crippen molar-refractivity contribution >= 4 is 33.1 Å². The summed E-state index contributed by atoms with van der Waals surface area (Å²) in [5, 5.41) is 11.6. The highest BCUT2D eigenvalue weighted by Gasteiger charge is 2.11. The van der Waals surface area contributed by atoms with Gasteiger partial charge in [0.25, 0.3) is 0 Å². The number of hydrogen-bond donors (Lipinski definition) is 0. The Bertz CT molecular complexity index is 1190. The maximum Gasteiger partial charge on any atom is 0.345 e. The minimum atomic E-state index is -0.409. The molecule has 0 unspecified atom stereocenters. The maximum absolute atomic E-state index is 12.3. The van der Waals surface area contributed by atoms with Crippen LogP contribution in [-0.4, -0.2) is 19.1 Å². The first-order chi connectivity index (χ1) is 13.6. The van der Waals surface area contributed by atoms with Gasteiger partial charge in [-0.15, -0.1) is 16.5 Å². The van der Waals surface area contributed by atoms with Crippen LogP contribution in [0.25, 0.3) is 22.2 Å². The summed E-state index contributed by atoms with van der Waals surface area (Å²) in [7, 11) is 4.01. The molecule has 0 aliphatic heterocycles. The summed E-state index contributed by atoms with van der Waals surface area (Å²) in [5.74, 6) is 0. The molecule has 140 valence electrons. The number of azo groups is 1. The molecule has 2 heterocycles. The zero-order valence-electron chi connectivity index (χ0n) is 15.5. The number of benzene rings is 2. The molecule has 7 heteroatoms. The molecule has 6 nitrogen and oxygen atoms in total. The quantitative estimate of drug-likeness (QED) is 0.344. The van der Waals surface area contributed by atoms with Crippen LogP contribution in [0.3, 0.4) is 0 Å². The largest absolute Gasteiger partial charge is 0.422 e. The van der Waals surface area contributed by atoms with E-state index in [1.54, 1.807) is 17.5 Å². The van der Waals surface area contributed by atoms with Crippen molar-refractivity contribution in [1.82, 2.24) is 4.98 Å². The van der Waals surface area contributed by atoms with Gasteiger partial charge in [0.1, 0.15) is 5.58 Å². The minimum Gasteiger partial charge on any atom is -0.422 e. The third kappa shape index (κ3) is 3.84. The molecule has 0 amide bonds. The van der Waals surface area contributed by atoms with E-state index in [4.69, 9.17) is 4.42 Å². The molecule has 0 spiro atoms. The first-order valence-electron chi connectivity index (χ1n) is 8.73. The van der Waals surface area contributed by atoms with Gasteiger partial charge in [-0.2, -0.15) is 5.11 Å². The zero-order chi connectivity index (χ0) is 19.5. The molecule has 0 saturated heterocycles. The van der Waals surface area contributed by atoms with Crippen LogP contribution < -0.4 is 10.5 Å². The summed E-state index contributed by atoms with van der Waals surface area (Å²) in [6, 6.07) is 17.4. The van der Waals surface area contributed by atoms with Crippen LogP contribution in [0.1, 0.15) is 5.56 Å². The molecule has 0 aliphatic carbocycles. The van der Waals surface area contributed by atoms with Gasteiger partial charge in [-0.3, -0.25) is 0 Å². The lowest BCUT2D eigenvalue weighted by Gasteiger charge is -2.11. The van der Waals surface area contributed by atoms with E-state index in [0.29, 0.717) is 28.5 Å². The van der Waals surface area contributed by atoms with Crippen LogP contribution >= 0.6 is 11.3 Å². The number of hydrogen-bond acceptors (Lipinski definition) is 7. The van der Waals surface area contributed by atoms with Crippen LogP contribution in [-0.2, 0) is 6.54 Å². The summed E-state index contributed by atoms with van der Waals surface area (Å²) in [6.45, 7) is 0.473. The first kappa shape index (κ1) is 18.1. The molecule has 2 aromatic heterocycles. The number of aromatic nitrogens is 1. The maximum atomic E-state index is 12.3. The molecular weight excluding hydrogens is 372 g/mol. The Morgan fingerprint density at radius 1 is 1.11 bits per heavy atom. The van der Waals surface area contributed by atoms with Gasteiger partial charge in [0, 0.05) is 30.5 Å². The van der Waals surface area contributed by atoms with E-state index in [9.17, 15) is 4.79 Å². The van der Waals surface area contributed by atoms with Crippen LogP contribution in [0.4, 0.5) is 10.8 Å². The van der Waals surface area contributed by atoms with Gasteiger partial charge in [-0.1, -0.05) is 30.3 Å². The van der Waals surface area contributed by atoms with E-state index in [0.717, 1.165) is 16.6 Å². The van der Waals surface area contributed by atoms with Gasteiger partial charge in [-0.25, -0.2) is 9.78 Å². The van der Waals surface area contributed by atoms with Gasteiger partial charge in [-0.05, 0) is 29.8 Å². The second-order valence-electron chi connectivity index (χ2n) is 6.46. The second-order valence-corrected chi connectivity index (χ2v) is 7.30. The van der Waals surface area contributed by atoms with E-state index in [1.807, 2.05) is 61.5 Å². The van der Waals surface area contributed by atoms with Crippen molar-refractivity contribution in [3.63, 3.8) is 0 Å².